The van der Waals surface area contributed by atoms with E-state index in [1.165, 1.54) is 12.1 Å². The van der Waals surface area contributed by atoms with E-state index in [1.807, 2.05) is 19.1 Å². The maximum absolute atomic E-state index is 12.5. The van der Waals surface area contributed by atoms with Crippen molar-refractivity contribution in [3.05, 3.63) is 65.2 Å². The van der Waals surface area contributed by atoms with Crippen LogP contribution in [0.3, 0.4) is 0 Å². The molecule has 122 valence electrons. The molecule has 0 amide bonds. The largest absolute Gasteiger partial charge is 0.416 e. The van der Waals surface area contributed by atoms with Crippen LogP contribution in [0, 0.1) is 0 Å². The fourth-order valence-electron chi connectivity index (χ4n) is 1.97. The van der Waals surface area contributed by atoms with Crippen LogP contribution in [0.1, 0.15) is 30.0 Å². The molecule has 0 saturated carbocycles. The Balaban J connectivity index is 2.00. The first-order valence-corrected chi connectivity index (χ1v) is 7.11. The summed E-state index contributed by atoms with van der Waals surface area (Å²) in [5, 5.41) is 4.06. The molecular formula is C17H17F3N2O. The third kappa shape index (κ3) is 4.74. The lowest BCUT2D eigenvalue weighted by Gasteiger charge is -2.08. The summed E-state index contributed by atoms with van der Waals surface area (Å²) in [6.07, 6.45) is -3.67. The van der Waals surface area contributed by atoms with Crippen molar-refractivity contribution in [2.45, 2.75) is 26.1 Å². The molecule has 0 aliphatic heterocycles. The average molecular weight is 322 g/mol. The second-order valence-corrected chi connectivity index (χ2v) is 4.98. The molecule has 2 rings (SSSR count). The van der Waals surface area contributed by atoms with Crippen LogP contribution in [0.5, 0.6) is 0 Å². The minimum absolute atomic E-state index is 0.108. The first-order valence-electron chi connectivity index (χ1n) is 7.11. The molecule has 0 fully saturated rings. The van der Waals surface area contributed by atoms with Gasteiger partial charge in [0, 0.05) is 5.69 Å². The van der Waals surface area contributed by atoms with Crippen molar-refractivity contribution in [2.75, 3.05) is 5.73 Å². The van der Waals surface area contributed by atoms with E-state index in [4.69, 9.17) is 10.6 Å². The molecule has 2 aromatic rings. The summed E-state index contributed by atoms with van der Waals surface area (Å²) in [5.74, 6) is 0. The van der Waals surface area contributed by atoms with E-state index >= 15 is 0 Å². The lowest BCUT2D eigenvalue weighted by molar-refractivity contribution is -0.137. The normalized spacial score (nSPS) is 12.3. The van der Waals surface area contributed by atoms with Gasteiger partial charge in [0.1, 0.15) is 6.61 Å². The summed E-state index contributed by atoms with van der Waals surface area (Å²) in [7, 11) is 0. The third-order valence-corrected chi connectivity index (χ3v) is 3.27. The molecule has 3 nitrogen and oxygen atoms in total. The molecule has 2 aromatic carbocycles. The number of rotatable bonds is 5. The number of nitrogens with two attached hydrogens (primary N) is 1. The maximum atomic E-state index is 12.5. The summed E-state index contributed by atoms with van der Waals surface area (Å²) in [6, 6.07) is 12.1. The highest BCUT2D eigenvalue weighted by molar-refractivity contribution is 6.00. The third-order valence-electron chi connectivity index (χ3n) is 3.27. The molecule has 6 heteroatoms. The number of nitrogens with zero attached hydrogens (tertiary/aromatic N) is 1. The molecule has 0 saturated heterocycles. The summed E-state index contributed by atoms with van der Waals surface area (Å²) >= 11 is 0. The van der Waals surface area contributed by atoms with Crippen LogP contribution >= 0.6 is 0 Å². The van der Waals surface area contributed by atoms with Gasteiger partial charge in [-0.05, 0) is 41.8 Å². The number of anilines is 1. The number of halogens is 3. The van der Waals surface area contributed by atoms with E-state index in [0.29, 0.717) is 17.7 Å². The van der Waals surface area contributed by atoms with Crippen LogP contribution in [-0.4, -0.2) is 5.71 Å². The molecule has 23 heavy (non-hydrogen) atoms. The molecule has 0 unspecified atom stereocenters. The Kier molecular flexibility index (Phi) is 5.26. The molecule has 0 radical (unpaired) electrons. The van der Waals surface area contributed by atoms with Gasteiger partial charge >= 0.3 is 6.18 Å². The number of benzene rings is 2. The Labute approximate surface area is 132 Å². The van der Waals surface area contributed by atoms with E-state index in [0.717, 1.165) is 23.4 Å². The van der Waals surface area contributed by atoms with Crippen molar-refractivity contribution < 1.29 is 18.0 Å². The second-order valence-electron chi connectivity index (χ2n) is 4.98. The quantitative estimate of drug-likeness (QED) is 0.496. The number of hydrogen-bond acceptors (Lipinski definition) is 3. The summed E-state index contributed by atoms with van der Waals surface area (Å²) in [5.41, 5.74) is 7.88. The Hall–Kier alpha value is -2.50. The number of alkyl halides is 3. The number of nitrogen functional groups attached to an aromatic ring is 1. The molecule has 0 aliphatic carbocycles. The van der Waals surface area contributed by atoms with Crippen LogP contribution in [0.4, 0.5) is 18.9 Å². The molecule has 0 bridgehead atoms. The molecule has 2 N–H and O–H groups in total. The first kappa shape index (κ1) is 16.9. The Bertz CT molecular complexity index is 662. The summed E-state index contributed by atoms with van der Waals surface area (Å²) in [4.78, 5) is 5.26. The highest BCUT2D eigenvalue weighted by Crippen LogP contribution is 2.29. The molecular weight excluding hydrogens is 305 g/mol. The van der Waals surface area contributed by atoms with Gasteiger partial charge in [0.2, 0.25) is 0 Å². The molecule has 0 atom stereocenters. The van der Waals surface area contributed by atoms with E-state index < -0.39 is 11.7 Å². The van der Waals surface area contributed by atoms with Crippen molar-refractivity contribution in [3.63, 3.8) is 0 Å². The highest BCUT2D eigenvalue weighted by atomic mass is 19.4. The highest BCUT2D eigenvalue weighted by Gasteiger charge is 2.29. The number of hydrogen-bond donors (Lipinski definition) is 1. The minimum atomic E-state index is -4.33. The van der Waals surface area contributed by atoms with E-state index in [9.17, 15) is 13.2 Å². The van der Waals surface area contributed by atoms with Crippen molar-refractivity contribution >= 4 is 11.4 Å². The van der Waals surface area contributed by atoms with Gasteiger partial charge in [0.15, 0.2) is 0 Å². The van der Waals surface area contributed by atoms with Crippen molar-refractivity contribution in [1.82, 2.24) is 0 Å². The van der Waals surface area contributed by atoms with Crippen LogP contribution in [0.15, 0.2) is 53.7 Å². The van der Waals surface area contributed by atoms with Crippen LogP contribution in [-0.2, 0) is 17.6 Å². The lowest BCUT2D eigenvalue weighted by Crippen LogP contribution is -2.04. The van der Waals surface area contributed by atoms with Crippen molar-refractivity contribution in [3.8, 4) is 0 Å². The molecule has 0 heterocycles. The van der Waals surface area contributed by atoms with Gasteiger partial charge in [-0.2, -0.15) is 13.2 Å². The fourth-order valence-corrected chi connectivity index (χ4v) is 1.97. The second kappa shape index (κ2) is 7.17. The fraction of sp³-hybridized carbons (Fsp3) is 0.235. The van der Waals surface area contributed by atoms with Gasteiger partial charge in [0.25, 0.3) is 0 Å². The zero-order valence-corrected chi connectivity index (χ0v) is 12.6. The zero-order chi connectivity index (χ0) is 16.9. The predicted molar refractivity (Wildman–Crippen MR) is 83.9 cm³/mol. The molecule has 0 spiro atoms. The number of oxime groups is 1. The molecule has 0 aromatic heterocycles. The van der Waals surface area contributed by atoms with Gasteiger partial charge in [-0.25, -0.2) is 0 Å². The standard InChI is InChI=1S/C17H17F3N2O/c1-2-16(13-5-9-15(21)10-6-13)22-23-11-12-3-7-14(8-4-12)17(18,19)20/h3-10H,2,11,21H2,1H3. The maximum Gasteiger partial charge on any atom is 0.416 e. The first-order chi connectivity index (χ1) is 10.9. The van der Waals surface area contributed by atoms with Gasteiger partial charge in [0.05, 0.1) is 11.3 Å². The van der Waals surface area contributed by atoms with Gasteiger partial charge in [-0.1, -0.05) is 36.3 Å². The van der Waals surface area contributed by atoms with Gasteiger partial charge < -0.3 is 10.6 Å². The topological polar surface area (TPSA) is 47.6 Å². The monoisotopic (exact) mass is 322 g/mol. The van der Waals surface area contributed by atoms with Crippen molar-refractivity contribution in [2.24, 2.45) is 5.16 Å². The SMILES string of the molecule is CCC(=NOCc1ccc(C(F)(F)F)cc1)c1ccc(N)cc1. The van der Waals surface area contributed by atoms with Crippen LogP contribution in [0.2, 0.25) is 0 Å². The average Bonchev–Trinajstić information content (AvgIpc) is 2.52. The van der Waals surface area contributed by atoms with E-state index in [-0.39, 0.29) is 6.61 Å². The Morgan fingerprint density at radius 1 is 1.04 bits per heavy atom. The Morgan fingerprint density at radius 3 is 2.17 bits per heavy atom. The van der Waals surface area contributed by atoms with Crippen LogP contribution < -0.4 is 5.73 Å². The van der Waals surface area contributed by atoms with E-state index in [2.05, 4.69) is 5.16 Å². The Morgan fingerprint density at radius 2 is 1.65 bits per heavy atom. The minimum Gasteiger partial charge on any atom is -0.399 e. The van der Waals surface area contributed by atoms with E-state index in [1.54, 1.807) is 12.1 Å². The molecule has 0 aliphatic rings. The lowest BCUT2D eigenvalue weighted by atomic mass is 10.1. The smallest absolute Gasteiger partial charge is 0.399 e. The summed E-state index contributed by atoms with van der Waals surface area (Å²) < 4.78 is 37.4. The van der Waals surface area contributed by atoms with Crippen molar-refractivity contribution in [1.29, 1.82) is 0 Å². The van der Waals surface area contributed by atoms with Crippen LogP contribution in [0.25, 0.3) is 0 Å². The zero-order valence-electron chi connectivity index (χ0n) is 12.6. The predicted octanol–water partition coefficient (Wildman–Crippen LogP) is 4.62. The summed E-state index contributed by atoms with van der Waals surface area (Å²) in [6.45, 7) is 2.05. The van der Waals surface area contributed by atoms with Gasteiger partial charge in [-0.3, -0.25) is 0 Å². The van der Waals surface area contributed by atoms with Gasteiger partial charge in [-0.15, -0.1) is 0 Å².